The van der Waals surface area contributed by atoms with Gasteiger partial charge < -0.3 is 10.1 Å². The second-order valence-corrected chi connectivity index (χ2v) is 3.26. The fourth-order valence-corrected chi connectivity index (χ4v) is 1.71. The summed E-state index contributed by atoms with van der Waals surface area (Å²) in [5.41, 5.74) is 2.22. The molecule has 1 amide bonds. The molecule has 0 unspecified atom stereocenters. The van der Waals surface area contributed by atoms with Crippen LogP contribution < -0.4 is 15.5 Å². The van der Waals surface area contributed by atoms with Crippen molar-refractivity contribution in [3.05, 3.63) is 23.3 Å². The first-order valence-electron chi connectivity index (χ1n) is 4.47. The molecule has 1 aromatic rings. The molecule has 2 rings (SSSR count). The second-order valence-electron chi connectivity index (χ2n) is 3.26. The van der Waals surface area contributed by atoms with E-state index in [1.54, 1.807) is 6.07 Å². The molecule has 1 aliphatic heterocycles. The van der Waals surface area contributed by atoms with Crippen molar-refractivity contribution in [1.29, 1.82) is 0 Å². The Morgan fingerprint density at radius 1 is 1.50 bits per heavy atom. The van der Waals surface area contributed by atoms with Crippen LogP contribution in [0.1, 0.15) is 15.9 Å². The minimum absolute atomic E-state index is 0.0805. The van der Waals surface area contributed by atoms with E-state index in [-0.39, 0.29) is 5.91 Å². The number of carbonyl (C=O) groups excluding carboxylic acids is 1. The van der Waals surface area contributed by atoms with Gasteiger partial charge in [0.15, 0.2) is 0 Å². The molecule has 0 atom stereocenters. The first-order valence-corrected chi connectivity index (χ1v) is 4.47. The molecule has 3 nitrogen and oxygen atoms in total. The van der Waals surface area contributed by atoms with E-state index in [2.05, 4.69) is 5.32 Å². The van der Waals surface area contributed by atoms with E-state index < -0.39 is 0 Å². The number of rotatable bonds is 1. The van der Waals surface area contributed by atoms with Crippen molar-refractivity contribution in [2.45, 2.75) is 6.42 Å². The largest absolute Gasteiger partial charge is 0.496 e. The van der Waals surface area contributed by atoms with E-state index in [1.807, 2.05) is 6.07 Å². The molecule has 14 heavy (non-hydrogen) atoms. The lowest BCUT2D eigenvalue weighted by Crippen LogP contribution is -2.33. The van der Waals surface area contributed by atoms with E-state index in [0.717, 1.165) is 12.0 Å². The van der Waals surface area contributed by atoms with E-state index in [0.29, 0.717) is 23.3 Å². The lowest BCUT2D eigenvalue weighted by molar-refractivity contribution is 0.0943. The number of hydrogen-bond donors (Lipinski definition) is 1. The highest BCUT2D eigenvalue weighted by Crippen LogP contribution is 2.23. The highest BCUT2D eigenvalue weighted by Gasteiger charge is 2.21. The molecule has 2 radical (unpaired) electrons. The molecule has 0 bridgehead atoms. The van der Waals surface area contributed by atoms with E-state index in [1.165, 1.54) is 7.11 Å². The standard InChI is InChI=1S/C10H10BNO2/c1-14-8-5-7(11)4-6-2-3-12-10(13)9(6)8/h4-5H,2-3H2,1H3,(H,12,13). The lowest BCUT2D eigenvalue weighted by atomic mass is 9.88. The van der Waals surface area contributed by atoms with Crippen LogP contribution in [-0.2, 0) is 6.42 Å². The Hall–Kier alpha value is -1.45. The fraction of sp³-hybridized carbons (Fsp3) is 0.300. The topological polar surface area (TPSA) is 38.3 Å². The molecule has 70 valence electrons. The molecule has 0 saturated carbocycles. The Balaban J connectivity index is 2.61. The molecule has 1 heterocycles. The number of benzene rings is 1. The molecule has 0 aliphatic carbocycles. The summed E-state index contributed by atoms with van der Waals surface area (Å²) in [6.07, 6.45) is 0.808. The zero-order valence-electron chi connectivity index (χ0n) is 7.96. The molecular weight excluding hydrogens is 177 g/mol. The Bertz CT molecular complexity index is 373. The maximum absolute atomic E-state index is 11.5. The van der Waals surface area contributed by atoms with Crippen molar-refractivity contribution < 1.29 is 9.53 Å². The highest BCUT2D eigenvalue weighted by molar-refractivity contribution is 6.32. The minimum Gasteiger partial charge on any atom is -0.496 e. The van der Waals surface area contributed by atoms with Crippen LogP contribution in [0.3, 0.4) is 0 Å². The summed E-state index contributed by atoms with van der Waals surface area (Å²) < 4.78 is 5.12. The smallest absolute Gasteiger partial charge is 0.255 e. The zero-order chi connectivity index (χ0) is 10.1. The van der Waals surface area contributed by atoms with Gasteiger partial charge in [0.25, 0.3) is 5.91 Å². The summed E-state index contributed by atoms with van der Waals surface area (Å²) in [6, 6.07) is 3.50. The van der Waals surface area contributed by atoms with Gasteiger partial charge in [0.1, 0.15) is 13.6 Å². The number of amides is 1. The molecule has 0 spiro atoms. The third-order valence-electron chi connectivity index (χ3n) is 2.33. The number of nitrogens with one attached hydrogen (secondary N) is 1. The maximum Gasteiger partial charge on any atom is 0.255 e. The number of hydrogen-bond acceptors (Lipinski definition) is 2. The Morgan fingerprint density at radius 2 is 2.29 bits per heavy atom. The number of fused-ring (bicyclic) bond motifs is 1. The van der Waals surface area contributed by atoms with Crippen LogP contribution in [0.2, 0.25) is 0 Å². The maximum atomic E-state index is 11.5. The van der Waals surface area contributed by atoms with E-state index in [9.17, 15) is 4.79 Å². The van der Waals surface area contributed by atoms with Crippen LogP contribution in [0.4, 0.5) is 0 Å². The van der Waals surface area contributed by atoms with Gasteiger partial charge in [0, 0.05) is 6.54 Å². The van der Waals surface area contributed by atoms with Crippen molar-refractivity contribution in [3.63, 3.8) is 0 Å². The second kappa shape index (κ2) is 3.37. The zero-order valence-corrected chi connectivity index (χ0v) is 7.96. The Morgan fingerprint density at radius 3 is 3.00 bits per heavy atom. The molecule has 1 N–H and O–H groups in total. The third-order valence-corrected chi connectivity index (χ3v) is 2.33. The van der Waals surface area contributed by atoms with Gasteiger partial charge in [-0.25, -0.2) is 0 Å². The van der Waals surface area contributed by atoms with Gasteiger partial charge in [-0.2, -0.15) is 0 Å². The quantitative estimate of drug-likeness (QED) is 0.617. The van der Waals surface area contributed by atoms with Crippen LogP contribution in [0.15, 0.2) is 12.1 Å². The van der Waals surface area contributed by atoms with Crippen molar-refractivity contribution in [2.24, 2.45) is 0 Å². The van der Waals surface area contributed by atoms with E-state index in [4.69, 9.17) is 12.6 Å². The van der Waals surface area contributed by atoms with Crippen LogP contribution in [0.25, 0.3) is 0 Å². The third kappa shape index (κ3) is 1.37. The van der Waals surface area contributed by atoms with E-state index >= 15 is 0 Å². The molecule has 4 heteroatoms. The van der Waals surface area contributed by atoms with Crippen molar-refractivity contribution >= 4 is 19.2 Å². The molecule has 0 saturated heterocycles. The van der Waals surface area contributed by atoms with Gasteiger partial charge >= 0.3 is 0 Å². The Labute approximate surface area is 83.9 Å². The minimum atomic E-state index is -0.0805. The molecule has 1 aliphatic rings. The predicted molar refractivity (Wildman–Crippen MR) is 54.4 cm³/mol. The number of ether oxygens (including phenoxy) is 1. The van der Waals surface area contributed by atoms with Crippen LogP contribution >= 0.6 is 0 Å². The van der Waals surface area contributed by atoms with Crippen LogP contribution in [0.5, 0.6) is 5.75 Å². The number of methoxy groups -OCH3 is 1. The predicted octanol–water partition coefficient (Wildman–Crippen LogP) is -0.225. The van der Waals surface area contributed by atoms with Crippen LogP contribution in [0, 0.1) is 0 Å². The highest BCUT2D eigenvalue weighted by atomic mass is 16.5. The summed E-state index contributed by atoms with van der Waals surface area (Å²) in [6.45, 7) is 0.665. The lowest BCUT2D eigenvalue weighted by Gasteiger charge is -2.19. The monoisotopic (exact) mass is 187 g/mol. The fourth-order valence-electron chi connectivity index (χ4n) is 1.71. The summed E-state index contributed by atoms with van der Waals surface area (Å²) in [5, 5.41) is 2.77. The van der Waals surface area contributed by atoms with Crippen molar-refractivity contribution in [1.82, 2.24) is 5.32 Å². The first-order chi connectivity index (χ1) is 6.72. The van der Waals surface area contributed by atoms with Gasteiger partial charge in [-0.05, 0) is 18.1 Å². The Kier molecular flexibility index (Phi) is 2.19. The van der Waals surface area contributed by atoms with Crippen molar-refractivity contribution in [2.75, 3.05) is 13.7 Å². The van der Waals surface area contributed by atoms with Gasteiger partial charge in [0.05, 0.1) is 12.7 Å². The average Bonchev–Trinajstić information content (AvgIpc) is 2.16. The summed E-state index contributed by atoms with van der Waals surface area (Å²) in [4.78, 5) is 11.5. The number of carbonyl (C=O) groups is 1. The van der Waals surface area contributed by atoms with Gasteiger partial charge in [0.2, 0.25) is 0 Å². The first kappa shape index (κ1) is 9.12. The normalized spacial score (nSPS) is 14.5. The van der Waals surface area contributed by atoms with Gasteiger partial charge in [-0.1, -0.05) is 11.5 Å². The summed E-state index contributed by atoms with van der Waals surface area (Å²) >= 11 is 0. The van der Waals surface area contributed by atoms with Crippen LogP contribution in [-0.4, -0.2) is 27.4 Å². The van der Waals surface area contributed by atoms with Crippen molar-refractivity contribution in [3.8, 4) is 5.75 Å². The molecule has 0 fully saturated rings. The molecule has 0 aromatic heterocycles. The SMILES string of the molecule is [B]c1cc2c(c(OC)c1)C(=O)NCC2. The van der Waals surface area contributed by atoms with Gasteiger partial charge in [-0.15, -0.1) is 0 Å². The average molecular weight is 187 g/mol. The summed E-state index contributed by atoms with van der Waals surface area (Å²) in [7, 11) is 7.23. The molecular formula is C10H10BNO2. The molecule has 1 aromatic carbocycles. The van der Waals surface area contributed by atoms with Gasteiger partial charge in [-0.3, -0.25) is 4.79 Å². The summed E-state index contributed by atoms with van der Waals surface area (Å²) in [5.74, 6) is 0.473.